The van der Waals surface area contributed by atoms with Crippen molar-refractivity contribution >= 4 is 38.5 Å². The first-order chi connectivity index (χ1) is 15.2. The topological polar surface area (TPSA) is 158 Å². The quantitative estimate of drug-likeness (QED) is 0.363. The first kappa shape index (κ1) is 21.0. The Morgan fingerprint density at radius 1 is 1.12 bits per heavy atom. The number of sulfonamides is 1. The third-order valence-electron chi connectivity index (χ3n) is 4.46. The van der Waals surface area contributed by atoms with Gasteiger partial charge in [-0.25, -0.2) is 23.1 Å². The van der Waals surface area contributed by atoms with Gasteiger partial charge in [-0.05, 0) is 49.4 Å². The van der Waals surface area contributed by atoms with Crippen molar-refractivity contribution in [3.8, 4) is 5.75 Å². The molecule has 2 aromatic carbocycles. The molecule has 0 fully saturated rings. The molecule has 0 unspecified atom stereocenters. The number of carbonyl (C=O) groups is 1. The number of aryl methyl sites for hydroxylation is 1. The average molecular weight is 451 g/mol. The van der Waals surface area contributed by atoms with Crippen LogP contribution in [0.4, 0.5) is 11.6 Å². The number of rotatable bonds is 5. The summed E-state index contributed by atoms with van der Waals surface area (Å²) in [6.07, 6.45) is 1.44. The van der Waals surface area contributed by atoms with Crippen LogP contribution in [0.15, 0.2) is 70.1 Å². The number of phenols is 1. The van der Waals surface area contributed by atoms with Crippen molar-refractivity contribution in [1.82, 2.24) is 9.97 Å². The van der Waals surface area contributed by atoms with Crippen molar-refractivity contribution in [3.05, 3.63) is 77.6 Å². The maximum Gasteiger partial charge on any atom is 0.264 e. The summed E-state index contributed by atoms with van der Waals surface area (Å²) in [5, 5.41) is 20.8. The fraction of sp³-hybridized carbons (Fsp3) is 0.0476. The lowest BCUT2D eigenvalue weighted by Crippen LogP contribution is -2.21. The van der Waals surface area contributed by atoms with Gasteiger partial charge in [0.05, 0.1) is 4.90 Å². The van der Waals surface area contributed by atoms with Crippen molar-refractivity contribution in [2.24, 2.45) is 0 Å². The Balaban J connectivity index is 1.54. The lowest BCUT2D eigenvalue weighted by atomic mass is 10.1. The molecule has 0 spiro atoms. The molecule has 0 aliphatic heterocycles. The number of fused-ring (bicyclic) bond motifs is 1. The average Bonchev–Trinajstić information content (AvgIpc) is 2.74. The highest BCUT2D eigenvalue weighted by molar-refractivity contribution is 7.92. The zero-order valence-electron chi connectivity index (χ0n) is 16.7. The van der Waals surface area contributed by atoms with E-state index in [-0.39, 0.29) is 27.7 Å². The number of nitrogens with one attached hydrogen (secondary N) is 3. The van der Waals surface area contributed by atoms with E-state index in [9.17, 15) is 18.3 Å². The monoisotopic (exact) mass is 451 g/mol. The number of aromatic nitrogens is 2. The largest absolute Gasteiger partial charge is 0.504 e. The second-order valence-electron chi connectivity index (χ2n) is 6.79. The Kier molecular flexibility index (Phi) is 5.33. The fourth-order valence-corrected chi connectivity index (χ4v) is 3.86. The minimum atomic E-state index is -3.92. The van der Waals surface area contributed by atoms with Gasteiger partial charge in [-0.1, -0.05) is 12.1 Å². The number of anilines is 2. The molecule has 32 heavy (non-hydrogen) atoms. The van der Waals surface area contributed by atoms with Crippen molar-refractivity contribution in [2.75, 3.05) is 10.0 Å². The number of para-hydroxylation sites is 1. The predicted molar refractivity (Wildman–Crippen MR) is 116 cm³/mol. The fourth-order valence-electron chi connectivity index (χ4n) is 2.91. The minimum absolute atomic E-state index is 0.0435. The molecule has 0 radical (unpaired) electrons. The maximum absolute atomic E-state index is 12.6. The van der Waals surface area contributed by atoms with E-state index in [1.165, 1.54) is 42.6 Å². The summed E-state index contributed by atoms with van der Waals surface area (Å²) in [6.45, 7) is 1.71. The predicted octanol–water partition coefficient (Wildman–Crippen LogP) is 2.77. The van der Waals surface area contributed by atoms with Gasteiger partial charge < -0.3 is 14.8 Å². The summed E-state index contributed by atoms with van der Waals surface area (Å²) in [5.41, 5.74) is 0.570. The highest BCUT2D eigenvalue weighted by Crippen LogP contribution is 2.23. The molecule has 1 amide bonds. The lowest BCUT2D eigenvalue weighted by Gasteiger charge is -2.09. The molecule has 162 valence electrons. The molecule has 0 aliphatic carbocycles. The van der Waals surface area contributed by atoms with Crippen LogP contribution in [0.1, 0.15) is 16.1 Å². The second kappa shape index (κ2) is 8.12. The first-order valence-corrected chi connectivity index (χ1v) is 10.8. The summed E-state index contributed by atoms with van der Waals surface area (Å²) >= 11 is 0. The van der Waals surface area contributed by atoms with Crippen LogP contribution in [-0.4, -0.2) is 29.4 Å². The van der Waals surface area contributed by atoms with Gasteiger partial charge >= 0.3 is 0 Å². The summed E-state index contributed by atoms with van der Waals surface area (Å²) in [7, 11) is -3.92. The van der Waals surface area contributed by atoms with Crippen molar-refractivity contribution in [3.63, 3.8) is 0 Å². The smallest absolute Gasteiger partial charge is 0.264 e. The number of phenolic OH excluding ortho intramolecular Hbond substituents is 1. The van der Waals surface area contributed by atoms with Crippen LogP contribution in [0.3, 0.4) is 0 Å². The van der Waals surface area contributed by atoms with Gasteiger partial charge in [0, 0.05) is 23.0 Å². The van der Waals surface area contributed by atoms with Gasteiger partial charge in [0.25, 0.3) is 15.9 Å². The zero-order chi connectivity index (χ0) is 22.9. The number of hydrogen-bond acceptors (Lipinski definition) is 8. The van der Waals surface area contributed by atoms with E-state index < -0.39 is 21.5 Å². The van der Waals surface area contributed by atoms with E-state index in [4.69, 9.17) is 9.83 Å². The van der Waals surface area contributed by atoms with Crippen LogP contribution in [0, 0.1) is 12.3 Å². The van der Waals surface area contributed by atoms with Crippen molar-refractivity contribution in [1.29, 1.82) is 5.41 Å². The Bertz CT molecular complexity index is 1500. The van der Waals surface area contributed by atoms with Gasteiger partial charge in [0.15, 0.2) is 11.3 Å². The van der Waals surface area contributed by atoms with Crippen LogP contribution >= 0.6 is 0 Å². The normalized spacial score (nSPS) is 11.3. The third-order valence-corrected chi connectivity index (χ3v) is 5.80. The molecule has 0 bridgehead atoms. The van der Waals surface area contributed by atoms with Gasteiger partial charge in [0.2, 0.25) is 11.5 Å². The Morgan fingerprint density at radius 3 is 2.59 bits per heavy atom. The van der Waals surface area contributed by atoms with Crippen LogP contribution < -0.4 is 15.6 Å². The molecule has 2 heterocycles. The van der Waals surface area contributed by atoms with E-state index in [1.54, 1.807) is 25.1 Å². The summed E-state index contributed by atoms with van der Waals surface area (Å²) in [5.74, 6) is -0.799. The molecule has 4 rings (SSSR count). The molecule has 10 nitrogen and oxygen atoms in total. The summed E-state index contributed by atoms with van der Waals surface area (Å²) in [6, 6.07) is 13.2. The Morgan fingerprint density at radius 2 is 1.88 bits per heavy atom. The number of amides is 1. The summed E-state index contributed by atoms with van der Waals surface area (Å²) < 4.78 is 32.6. The number of benzene rings is 2. The van der Waals surface area contributed by atoms with Gasteiger partial charge in [0.1, 0.15) is 5.56 Å². The molecular weight excluding hydrogens is 434 g/mol. The van der Waals surface area contributed by atoms with Crippen LogP contribution in [0.5, 0.6) is 5.75 Å². The lowest BCUT2D eigenvalue weighted by molar-refractivity contribution is 0.102. The van der Waals surface area contributed by atoms with Crippen molar-refractivity contribution < 1.29 is 22.7 Å². The van der Waals surface area contributed by atoms with E-state index in [1.807, 2.05) is 0 Å². The molecule has 0 saturated carbocycles. The molecule has 0 saturated heterocycles. The number of carbonyl (C=O) groups excluding carboxylic acids is 1. The van der Waals surface area contributed by atoms with E-state index in [0.29, 0.717) is 16.8 Å². The highest BCUT2D eigenvalue weighted by atomic mass is 32.2. The molecule has 4 N–H and O–H groups in total. The van der Waals surface area contributed by atoms with Gasteiger partial charge in [-0.3, -0.25) is 10.2 Å². The molecule has 0 atom stereocenters. The second-order valence-corrected chi connectivity index (χ2v) is 8.47. The molecule has 11 heteroatoms. The van der Waals surface area contributed by atoms with E-state index in [0.717, 1.165) is 0 Å². The zero-order valence-corrected chi connectivity index (χ0v) is 17.5. The molecular formula is C21H17N5O5S. The maximum atomic E-state index is 12.6. The Hall–Kier alpha value is -4.25. The standard InChI is InChI=1S/C21H17N5O5S/c1-12-9-10-23-21(24-12)26-32(29,30)15-7-5-14(6-8-15)25-20(28)16-11-13-3-2-4-17(27)18(13)31-19(16)22/h2-11,22,27H,1H3,(H,25,28)(H,23,24,26). The van der Waals surface area contributed by atoms with E-state index >= 15 is 0 Å². The number of nitrogens with zero attached hydrogens (tertiary/aromatic N) is 2. The first-order valence-electron chi connectivity index (χ1n) is 9.27. The van der Waals surface area contributed by atoms with Crippen molar-refractivity contribution in [2.45, 2.75) is 11.8 Å². The summed E-state index contributed by atoms with van der Waals surface area (Å²) in [4.78, 5) is 20.5. The van der Waals surface area contributed by atoms with Gasteiger partial charge in [-0.2, -0.15) is 0 Å². The number of aromatic hydroxyl groups is 1. The van der Waals surface area contributed by atoms with Crippen LogP contribution in [0.25, 0.3) is 11.0 Å². The van der Waals surface area contributed by atoms with Crippen LogP contribution in [-0.2, 0) is 10.0 Å². The number of hydrogen-bond donors (Lipinski definition) is 4. The minimum Gasteiger partial charge on any atom is -0.504 e. The molecule has 0 aliphatic rings. The highest BCUT2D eigenvalue weighted by Gasteiger charge is 2.17. The van der Waals surface area contributed by atoms with E-state index in [2.05, 4.69) is 20.0 Å². The van der Waals surface area contributed by atoms with Crippen LogP contribution in [0.2, 0.25) is 0 Å². The molecule has 2 aromatic heterocycles. The Labute approximate surface area is 182 Å². The SMILES string of the molecule is Cc1ccnc(NS(=O)(=O)c2ccc(NC(=O)c3cc4cccc(O)c4oc3=N)cc2)n1. The molecule has 4 aromatic rings. The third kappa shape index (κ3) is 4.27. The van der Waals surface area contributed by atoms with Gasteiger partial charge in [-0.15, -0.1) is 0 Å².